The van der Waals surface area contributed by atoms with E-state index in [2.05, 4.69) is 6.58 Å². The summed E-state index contributed by atoms with van der Waals surface area (Å²) in [6.45, 7) is 3.96. The van der Waals surface area contributed by atoms with E-state index in [0.717, 1.165) is 12.8 Å². The van der Waals surface area contributed by atoms with Gasteiger partial charge < -0.3 is 10.8 Å². The average Bonchev–Trinajstić information content (AvgIpc) is 2.30. The van der Waals surface area contributed by atoms with Crippen LogP contribution >= 0.6 is 0 Å². The van der Waals surface area contributed by atoms with Crippen molar-refractivity contribution in [2.75, 3.05) is 6.61 Å². The Morgan fingerprint density at radius 3 is 2.70 bits per heavy atom. The lowest BCUT2D eigenvalue weighted by atomic mass is 9.97. The molecule has 0 aromatic heterocycles. The highest BCUT2D eigenvalue weighted by molar-refractivity contribution is 4.94. The maximum Gasteiger partial charge on any atom is 0.0465 e. The SMILES string of the molecule is C=C[C@H]1C[C@H](N)CC1CO. The van der Waals surface area contributed by atoms with E-state index in [1.165, 1.54) is 0 Å². The summed E-state index contributed by atoms with van der Waals surface area (Å²) in [5.41, 5.74) is 5.71. The number of aliphatic hydroxyl groups is 1. The highest BCUT2D eigenvalue weighted by atomic mass is 16.3. The lowest BCUT2D eigenvalue weighted by Gasteiger charge is -2.10. The summed E-state index contributed by atoms with van der Waals surface area (Å²) in [5, 5.41) is 8.88. The molecule has 0 radical (unpaired) electrons. The second kappa shape index (κ2) is 3.17. The van der Waals surface area contributed by atoms with Crippen LogP contribution in [0.1, 0.15) is 12.8 Å². The minimum absolute atomic E-state index is 0.254. The van der Waals surface area contributed by atoms with Gasteiger partial charge in [0.1, 0.15) is 0 Å². The summed E-state index contributed by atoms with van der Waals surface area (Å²) in [5.74, 6) is 0.812. The van der Waals surface area contributed by atoms with Gasteiger partial charge in [0.2, 0.25) is 0 Å². The third kappa shape index (κ3) is 1.39. The molecule has 2 heteroatoms. The number of hydrogen-bond acceptors (Lipinski definition) is 2. The second-order valence-corrected chi connectivity index (χ2v) is 3.07. The Bertz CT molecular complexity index is 124. The van der Waals surface area contributed by atoms with Crippen LogP contribution in [0.5, 0.6) is 0 Å². The Kier molecular flexibility index (Phi) is 2.46. The number of rotatable bonds is 2. The third-order valence-electron chi connectivity index (χ3n) is 2.32. The van der Waals surface area contributed by atoms with Gasteiger partial charge in [0, 0.05) is 12.6 Å². The van der Waals surface area contributed by atoms with Gasteiger partial charge in [-0.15, -0.1) is 6.58 Å². The number of hydrogen-bond donors (Lipinski definition) is 2. The summed E-state index contributed by atoms with van der Waals surface area (Å²) in [6, 6.07) is 0.278. The fourth-order valence-electron chi connectivity index (χ4n) is 1.70. The summed E-state index contributed by atoms with van der Waals surface area (Å²) >= 11 is 0. The van der Waals surface area contributed by atoms with Crippen LogP contribution in [-0.4, -0.2) is 17.8 Å². The number of nitrogens with two attached hydrogens (primary N) is 1. The van der Waals surface area contributed by atoms with Crippen molar-refractivity contribution < 1.29 is 5.11 Å². The third-order valence-corrected chi connectivity index (χ3v) is 2.32. The lowest BCUT2D eigenvalue weighted by Crippen LogP contribution is -2.15. The largest absolute Gasteiger partial charge is 0.396 e. The number of allylic oxidation sites excluding steroid dienone is 1. The Labute approximate surface area is 61.7 Å². The van der Waals surface area contributed by atoms with E-state index in [0.29, 0.717) is 11.8 Å². The first-order chi connectivity index (χ1) is 4.77. The van der Waals surface area contributed by atoms with Crippen LogP contribution in [0, 0.1) is 11.8 Å². The maximum absolute atomic E-state index is 8.88. The smallest absolute Gasteiger partial charge is 0.0465 e. The Morgan fingerprint density at radius 2 is 2.30 bits per heavy atom. The highest BCUT2D eigenvalue weighted by Crippen LogP contribution is 2.30. The molecular weight excluding hydrogens is 126 g/mol. The van der Waals surface area contributed by atoms with Crippen molar-refractivity contribution in [3.63, 3.8) is 0 Å². The molecule has 2 nitrogen and oxygen atoms in total. The van der Waals surface area contributed by atoms with Gasteiger partial charge in [-0.1, -0.05) is 6.08 Å². The van der Waals surface area contributed by atoms with Gasteiger partial charge in [-0.05, 0) is 24.7 Å². The quantitative estimate of drug-likeness (QED) is 0.551. The normalized spacial score (nSPS) is 40.0. The van der Waals surface area contributed by atoms with Crippen molar-refractivity contribution >= 4 is 0 Å². The van der Waals surface area contributed by atoms with Crippen molar-refractivity contribution in [3.8, 4) is 0 Å². The van der Waals surface area contributed by atoms with Crippen LogP contribution in [0.4, 0.5) is 0 Å². The van der Waals surface area contributed by atoms with Gasteiger partial charge in [-0.3, -0.25) is 0 Å². The Balaban J connectivity index is 2.48. The molecule has 0 heterocycles. The van der Waals surface area contributed by atoms with E-state index in [1.54, 1.807) is 0 Å². The van der Waals surface area contributed by atoms with Crippen molar-refractivity contribution in [1.29, 1.82) is 0 Å². The molecule has 1 rings (SSSR count). The molecule has 1 saturated carbocycles. The predicted molar refractivity (Wildman–Crippen MR) is 41.5 cm³/mol. The van der Waals surface area contributed by atoms with Crippen LogP contribution in [0.15, 0.2) is 12.7 Å². The fraction of sp³-hybridized carbons (Fsp3) is 0.750. The molecule has 1 aliphatic rings. The standard InChI is InChI=1S/C8H15NO/c1-2-6-3-8(9)4-7(6)5-10/h2,6-8,10H,1,3-5,9H2/t6-,7?,8-/m0/s1. The molecule has 0 bridgehead atoms. The van der Waals surface area contributed by atoms with Gasteiger partial charge in [0.15, 0.2) is 0 Å². The number of aliphatic hydroxyl groups excluding tert-OH is 1. The van der Waals surface area contributed by atoms with Crippen LogP contribution in [0.2, 0.25) is 0 Å². The van der Waals surface area contributed by atoms with Gasteiger partial charge in [0.25, 0.3) is 0 Å². The van der Waals surface area contributed by atoms with Crippen molar-refractivity contribution in [3.05, 3.63) is 12.7 Å². The molecule has 0 aromatic rings. The molecule has 1 fully saturated rings. The lowest BCUT2D eigenvalue weighted by molar-refractivity contribution is 0.210. The summed E-state index contributed by atoms with van der Waals surface area (Å²) < 4.78 is 0. The first kappa shape index (κ1) is 7.76. The molecule has 0 aromatic carbocycles. The van der Waals surface area contributed by atoms with Crippen LogP contribution < -0.4 is 5.73 Å². The summed E-state index contributed by atoms with van der Waals surface area (Å²) in [6.07, 6.45) is 3.86. The van der Waals surface area contributed by atoms with E-state index in [9.17, 15) is 0 Å². The van der Waals surface area contributed by atoms with E-state index in [1.807, 2.05) is 6.08 Å². The molecule has 1 unspecified atom stereocenters. The van der Waals surface area contributed by atoms with Crippen molar-refractivity contribution in [2.24, 2.45) is 17.6 Å². The molecule has 0 spiro atoms. The van der Waals surface area contributed by atoms with E-state index in [-0.39, 0.29) is 12.6 Å². The second-order valence-electron chi connectivity index (χ2n) is 3.07. The molecule has 3 N–H and O–H groups in total. The van der Waals surface area contributed by atoms with Gasteiger partial charge in [-0.25, -0.2) is 0 Å². The zero-order valence-electron chi connectivity index (χ0n) is 6.16. The van der Waals surface area contributed by atoms with Crippen LogP contribution in [-0.2, 0) is 0 Å². The first-order valence-electron chi connectivity index (χ1n) is 3.77. The minimum Gasteiger partial charge on any atom is -0.396 e. The Hall–Kier alpha value is -0.340. The van der Waals surface area contributed by atoms with Gasteiger partial charge in [-0.2, -0.15) is 0 Å². The fourth-order valence-corrected chi connectivity index (χ4v) is 1.70. The molecule has 0 amide bonds. The molecule has 1 aliphatic carbocycles. The topological polar surface area (TPSA) is 46.2 Å². The first-order valence-corrected chi connectivity index (χ1v) is 3.77. The summed E-state index contributed by atoms with van der Waals surface area (Å²) in [7, 11) is 0. The average molecular weight is 141 g/mol. The van der Waals surface area contributed by atoms with Crippen molar-refractivity contribution in [1.82, 2.24) is 0 Å². The molecular formula is C8H15NO. The molecule has 0 aliphatic heterocycles. The van der Waals surface area contributed by atoms with E-state index >= 15 is 0 Å². The zero-order chi connectivity index (χ0) is 7.56. The monoisotopic (exact) mass is 141 g/mol. The molecule has 0 saturated heterocycles. The minimum atomic E-state index is 0.254. The van der Waals surface area contributed by atoms with E-state index < -0.39 is 0 Å². The zero-order valence-corrected chi connectivity index (χ0v) is 6.16. The van der Waals surface area contributed by atoms with Gasteiger partial charge >= 0.3 is 0 Å². The predicted octanol–water partition coefficient (Wildman–Crippen LogP) is 0.518. The Morgan fingerprint density at radius 1 is 1.60 bits per heavy atom. The van der Waals surface area contributed by atoms with Crippen molar-refractivity contribution in [2.45, 2.75) is 18.9 Å². The molecule has 58 valence electrons. The van der Waals surface area contributed by atoms with Crippen LogP contribution in [0.25, 0.3) is 0 Å². The highest BCUT2D eigenvalue weighted by Gasteiger charge is 2.29. The summed E-state index contributed by atoms with van der Waals surface area (Å²) in [4.78, 5) is 0. The maximum atomic E-state index is 8.88. The van der Waals surface area contributed by atoms with E-state index in [4.69, 9.17) is 10.8 Å². The van der Waals surface area contributed by atoms with Crippen LogP contribution in [0.3, 0.4) is 0 Å². The molecule has 3 atom stereocenters. The molecule has 10 heavy (non-hydrogen) atoms. The van der Waals surface area contributed by atoms with Gasteiger partial charge in [0.05, 0.1) is 0 Å².